The van der Waals surface area contributed by atoms with E-state index < -0.39 is 35.3 Å². The fourth-order valence-corrected chi connectivity index (χ4v) is 6.21. The molecule has 4 aromatic rings. The van der Waals surface area contributed by atoms with E-state index in [9.17, 15) is 9.59 Å². The molecule has 2 heterocycles. The van der Waals surface area contributed by atoms with Crippen molar-refractivity contribution in [2.75, 3.05) is 20.8 Å². The van der Waals surface area contributed by atoms with Crippen LogP contribution in [0.15, 0.2) is 94.6 Å². The molecule has 1 aliphatic rings. The van der Waals surface area contributed by atoms with Crippen molar-refractivity contribution in [3.05, 3.63) is 128 Å². The fraction of sp³-hybridized carbons (Fsp3) is 0.405. The second-order valence-electron chi connectivity index (χ2n) is 12.4. The van der Waals surface area contributed by atoms with Crippen LogP contribution < -0.4 is 20.7 Å². The average molecular weight is 644 g/mol. The number of benzene rings is 3. The summed E-state index contributed by atoms with van der Waals surface area (Å²) in [7, 11) is 3.28. The monoisotopic (exact) mass is 643 g/mol. The Morgan fingerprint density at radius 1 is 0.851 bits per heavy atom. The molecule has 5 rings (SSSR count). The topological polar surface area (TPSA) is 104 Å². The molecule has 0 bridgehead atoms. The number of hydroxylamine groups is 2. The Labute approximate surface area is 275 Å². The molecule has 1 saturated heterocycles. The minimum absolute atomic E-state index is 0.0932. The van der Waals surface area contributed by atoms with E-state index in [1.54, 1.807) is 21.1 Å². The zero-order valence-electron chi connectivity index (χ0n) is 28.1. The number of nitrogens with zero attached hydrogens (tertiary/aromatic N) is 2. The van der Waals surface area contributed by atoms with Gasteiger partial charge in [0.15, 0.2) is 0 Å². The molecule has 0 spiro atoms. The van der Waals surface area contributed by atoms with Crippen molar-refractivity contribution >= 4 is 0 Å². The van der Waals surface area contributed by atoms with Crippen LogP contribution >= 0.6 is 0 Å². The summed E-state index contributed by atoms with van der Waals surface area (Å²) in [6.07, 6.45) is 0.213. The van der Waals surface area contributed by atoms with Gasteiger partial charge in [0, 0.05) is 30.3 Å². The summed E-state index contributed by atoms with van der Waals surface area (Å²) in [4.78, 5) is 34.1. The summed E-state index contributed by atoms with van der Waals surface area (Å²) < 4.78 is 26.2. The molecule has 1 aromatic heterocycles. The summed E-state index contributed by atoms with van der Waals surface area (Å²) in [5.74, 6) is 1.45. The Bertz CT molecular complexity index is 1660. The number of H-pyrrole nitrogens is 1. The van der Waals surface area contributed by atoms with Gasteiger partial charge in [0.1, 0.15) is 35.5 Å². The molecule has 0 radical (unpaired) electrons. The smallest absolute Gasteiger partial charge is 0.330 e. The van der Waals surface area contributed by atoms with E-state index in [-0.39, 0.29) is 18.7 Å². The summed E-state index contributed by atoms with van der Waals surface area (Å²) in [6, 6.07) is 25.9. The third-order valence-electron chi connectivity index (χ3n) is 8.55. The highest BCUT2D eigenvalue weighted by molar-refractivity contribution is 5.49. The van der Waals surface area contributed by atoms with Crippen LogP contribution in [0, 0.1) is 6.92 Å². The molecule has 1 fully saturated rings. The van der Waals surface area contributed by atoms with Gasteiger partial charge in [0.25, 0.3) is 5.56 Å². The Balaban J connectivity index is 1.59. The average Bonchev–Trinajstić information content (AvgIpc) is 3.48. The molecule has 47 heavy (non-hydrogen) atoms. The van der Waals surface area contributed by atoms with Crippen LogP contribution in [0.25, 0.3) is 0 Å². The van der Waals surface area contributed by atoms with Gasteiger partial charge in [-0.2, -0.15) is 5.06 Å². The van der Waals surface area contributed by atoms with Gasteiger partial charge >= 0.3 is 5.69 Å². The first-order valence-electron chi connectivity index (χ1n) is 16.0. The zero-order valence-corrected chi connectivity index (χ0v) is 28.1. The van der Waals surface area contributed by atoms with Crippen LogP contribution in [0.3, 0.4) is 0 Å². The van der Waals surface area contributed by atoms with Crippen LogP contribution in [0.4, 0.5) is 0 Å². The van der Waals surface area contributed by atoms with Crippen LogP contribution in [-0.2, 0) is 19.9 Å². The van der Waals surface area contributed by atoms with Gasteiger partial charge in [-0.3, -0.25) is 19.2 Å². The lowest BCUT2D eigenvalue weighted by Gasteiger charge is -2.38. The molecular weight excluding hydrogens is 598 g/mol. The quantitative estimate of drug-likeness (QED) is 0.149. The SMILES string of the molecule is COc1ccc(C(OC[C@H]2O[C@@H](n3cc(C)c(=O)[nH]c3=O)C[C@@H]2ON(C(C)C)C(C)C)(c2ccccc2)c2ccc(OC)cc2)cc1. The van der Waals surface area contributed by atoms with Crippen LogP contribution in [0.5, 0.6) is 11.5 Å². The number of aromatic amines is 1. The first kappa shape index (κ1) is 34.1. The number of rotatable bonds is 13. The molecule has 0 saturated carbocycles. The van der Waals surface area contributed by atoms with Gasteiger partial charge < -0.3 is 18.9 Å². The Hall–Kier alpha value is -4.22. The summed E-state index contributed by atoms with van der Waals surface area (Å²) in [6.45, 7) is 10.1. The van der Waals surface area contributed by atoms with Gasteiger partial charge in [-0.15, -0.1) is 0 Å². The van der Waals surface area contributed by atoms with Crippen molar-refractivity contribution in [2.45, 2.75) is 77.2 Å². The maximum Gasteiger partial charge on any atom is 0.330 e. The molecule has 1 aliphatic heterocycles. The lowest BCUT2D eigenvalue weighted by atomic mass is 9.80. The summed E-state index contributed by atoms with van der Waals surface area (Å²) in [5.41, 5.74) is 1.09. The number of hydrogen-bond acceptors (Lipinski definition) is 8. The first-order valence-corrected chi connectivity index (χ1v) is 16.0. The minimum Gasteiger partial charge on any atom is -0.497 e. The lowest BCUT2D eigenvalue weighted by molar-refractivity contribution is -0.247. The summed E-state index contributed by atoms with van der Waals surface area (Å²) in [5, 5.41) is 1.95. The molecule has 3 aromatic carbocycles. The zero-order chi connectivity index (χ0) is 33.7. The predicted molar refractivity (Wildman–Crippen MR) is 180 cm³/mol. The minimum atomic E-state index is -1.06. The number of hydrogen-bond donors (Lipinski definition) is 1. The van der Waals surface area contributed by atoms with Crippen molar-refractivity contribution in [3.8, 4) is 11.5 Å². The Morgan fingerprint density at radius 2 is 1.38 bits per heavy atom. The van der Waals surface area contributed by atoms with E-state index in [0.717, 1.165) is 28.2 Å². The van der Waals surface area contributed by atoms with Crippen LogP contribution in [-0.4, -0.2) is 59.7 Å². The second-order valence-corrected chi connectivity index (χ2v) is 12.4. The highest BCUT2D eigenvalue weighted by atomic mass is 16.7. The normalized spacial score (nSPS) is 18.3. The van der Waals surface area contributed by atoms with Gasteiger partial charge in [0.2, 0.25) is 0 Å². The van der Waals surface area contributed by atoms with E-state index in [4.69, 9.17) is 23.8 Å². The third-order valence-corrected chi connectivity index (χ3v) is 8.55. The van der Waals surface area contributed by atoms with Gasteiger partial charge in [-0.1, -0.05) is 54.6 Å². The van der Waals surface area contributed by atoms with Crippen molar-refractivity contribution in [3.63, 3.8) is 0 Å². The first-order chi connectivity index (χ1) is 22.6. The number of aryl methyl sites for hydroxylation is 1. The molecule has 10 nitrogen and oxygen atoms in total. The van der Waals surface area contributed by atoms with Crippen molar-refractivity contribution in [1.82, 2.24) is 14.6 Å². The van der Waals surface area contributed by atoms with Crippen molar-refractivity contribution in [1.29, 1.82) is 0 Å². The molecule has 0 amide bonds. The maximum absolute atomic E-state index is 12.9. The molecule has 10 heteroatoms. The molecule has 0 unspecified atom stereocenters. The number of aromatic nitrogens is 2. The van der Waals surface area contributed by atoms with E-state index in [1.807, 2.05) is 83.9 Å². The van der Waals surface area contributed by atoms with Crippen LogP contribution in [0.2, 0.25) is 0 Å². The van der Waals surface area contributed by atoms with E-state index in [2.05, 4.69) is 32.7 Å². The molecule has 1 N–H and O–H groups in total. The second kappa shape index (κ2) is 14.7. The van der Waals surface area contributed by atoms with E-state index >= 15 is 0 Å². The number of ether oxygens (including phenoxy) is 4. The van der Waals surface area contributed by atoms with Crippen molar-refractivity contribution < 1.29 is 23.8 Å². The van der Waals surface area contributed by atoms with Gasteiger partial charge in [0.05, 0.1) is 20.8 Å². The van der Waals surface area contributed by atoms with E-state index in [1.165, 1.54) is 10.8 Å². The highest BCUT2D eigenvalue weighted by Gasteiger charge is 2.44. The lowest BCUT2D eigenvalue weighted by Crippen LogP contribution is -2.44. The Morgan fingerprint density at radius 3 is 1.89 bits per heavy atom. The number of nitrogens with one attached hydrogen (secondary N) is 1. The summed E-state index contributed by atoms with van der Waals surface area (Å²) >= 11 is 0. The molecule has 0 aliphatic carbocycles. The predicted octanol–water partition coefficient (Wildman–Crippen LogP) is 5.58. The standard InChI is InChI=1S/C37H45N3O7/c1-24(2)40(25(3)4)47-32-21-34(39-22-26(5)35(41)38-36(39)42)46-33(32)23-45-37(27-11-9-8-10-12-27,28-13-17-30(43-6)18-14-28)29-15-19-31(44-7)20-16-29/h8-20,22,24-25,32-34H,21,23H2,1-7H3,(H,38,41,42)/t32-,33+,34+/m0/s1. The van der Waals surface area contributed by atoms with E-state index in [0.29, 0.717) is 12.0 Å². The van der Waals surface area contributed by atoms with Gasteiger partial charge in [-0.05, 0) is 75.6 Å². The van der Waals surface area contributed by atoms with Crippen molar-refractivity contribution in [2.24, 2.45) is 0 Å². The fourth-order valence-electron chi connectivity index (χ4n) is 6.21. The highest BCUT2D eigenvalue weighted by Crippen LogP contribution is 2.43. The van der Waals surface area contributed by atoms with Gasteiger partial charge in [-0.25, -0.2) is 4.79 Å². The molecule has 3 atom stereocenters. The molecule has 250 valence electrons. The maximum atomic E-state index is 12.9. The Kier molecular flexibility index (Phi) is 10.7. The largest absolute Gasteiger partial charge is 0.497 e. The van der Waals surface area contributed by atoms with Crippen LogP contribution in [0.1, 0.15) is 62.6 Å². The molecular formula is C37H45N3O7. The number of methoxy groups -OCH3 is 2. The third kappa shape index (κ3) is 7.21.